The minimum Gasteiger partial charge on any atom is -0.506 e. The Kier molecular flexibility index (Phi) is 16.8. The van der Waals surface area contributed by atoms with Gasteiger partial charge in [-0.3, -0.25) is 33.8 Å². The molecule has 2 heterocycles. The number of unbranched alkanes of at least 4 members (excludes halogenated alkanes) is 6. The molecule has 2 saturated carbocycles. The molecule has 2 fully saturated rings. The number of aliphatic hydroxyl groups is 1. The highest BCUT2D eigenvalue weighted by Gasteiger charge is 2.39. The first-order valence-electron chi connectivity index (χ1n) is 29.2. The molecule has 12 heteroatoms. The molecule has 4 aliphatic carbocycles. The lowest BCUT2D eigenvalue weighted by Crippen LogP contribution is -2.33. The number of fused-ring (bicyclic) bond motifs is 2. The molecule has 2 aliphatic heterocycles. The standard InChI is InChI=1S/C68H70N4O8/c73-63-61(47-27-31-51(32-28-47)71(49-19-7-5-8-20-49)53-35-39-55(40-36-53)79-45-17-3-1-15-43-69-65(75)57-23-11-12-24-58(57)66(69)76)64(74)62(63)48-29-33-52(34-30-48)72(50-21-9-6-10-22-50)54-37-41-56(42-38-54)80-46-18-4-2-16-44-70-67(77)59-25-13-14-26-60(59)68(70)78/h11-14,23-42,49-50H,1-10,15-22,43-46H2/p+1. The Hall–Kier alpha value is -8.12. The summed E-state index contributed by atoms with van der Waals surface area (Å²) in [6.07, 6.45) is 26.5. The number of imide groups is 2. The first-order chi connectivity index (χ1) is 39.2. The number of carbonyl (C=O) groups is 5. The van der Waals surface area contributed by atoms with Crippen LogP contribution in [0.2, 0.25) is 0 Å². The molecule has 0 saturated heterocycles. The number of Topliss-reactive ketones (excluding diaryl/α,β-unsaturated/α-hetero) is 1. The van der Waals surface area contributed by atoms with E-state index >= 15 is 0 Å². The maximum Gasteiger partial charge on any atom is 0.261 e. The molecule has 0 bridgehead atoms. The van der Waals surface area contributed by atoms with Gasteiger partial charge in [0.05, 0.1) is 46.6 Å². The van der Waals surface area contributed by atoms with E-state index in [9.17, 15) is 29.1 Å². The second kappa shape index (κ2) is 24.9. The topological polar surface area (TPSA) is 137 Å². The Morgan fingerprint density at radius 3 is 1.39 bits per heavy atom. The fourth-order valence-electron chi connectivity index (χ4n) is 12.5. The third-order valence-electron chi connectivity index (χ3n) is 16.8. The SMILES string of the molecule is O=C1C(=C2C=CC(=[N+](c3ccc(OCCCCCCN4C(=O)c5ccccc5C4=O)cc3)C3CCCCC3)C=C2)C(O)=C1c1ccc(N(c2ccc(OCCCCCCN3C(=O)c4ccccc4C3=O)cc2)C2CCCCC2)cc1. The Labute approximate surface area is 469 Å². The predicted octanol–water partition coefficient (Wildman–Crippen LogP) is 14.0. The highest BCUT2D eigenvalue weighted by Crippen LogP contribution is 2.41. The van der Waals surface area contributed by atoms with Gasteiger partial charge >= 0.3 is 0 Å². The van der Waals surface area contributed by atoms with E-state index in [2.05, 4.69) is 58.0 Å². The lowest BCUT2D eigenvalue weighted by Gasteiger charge is -2.36. The summed E-state index contributed by atoms with van der Waals surface area (Å²) in [6, 6.07) is 39.4. The molecule has 80 heavy (non-hydrogen) atoms. The van der Waals surface area contributed by atoms with E-state index in [1.54, 1.807) is 48.5 Å². The van der Waals surface area contributed by atoms with E-state index in [0.717, 1.165) is 111 Å². The van der Waals surface area contributed by atoms with Gasteiger partial charge in [-0.1, -0.05) is 87.8 Å². The van der Waals surface area contributed by atoms with Crippen molar-refractivity contribution < 1.29 is 43.1 Å². The van der Waals surface area contributed by atoms with Gasteiger partial charge in [0, 0.05) is 67.6 Å². The highest BCUT2D eigenvalue weighted by molar-refractivity contribution is 6.39. The van der Waals surface area contributed by atoms with Gasteiger partial charge in [0.15, 0.2) is 6.04 Å². The van der Waals surface area contributed by atoms with Gasteiger partial charge in [-0.15, -0.1) is 0 Å². The number of benzene rings is 5. The molecule has 4 amide bonds. The number of rotatable bonds is 22. The second-order valence-corrected chi connectivity index (χ2v) is 22.0. The van der Waals surface area contributed by atoms with Crippen LogP contribution in [-0.2, 0) is 4.79 Å². The predicted molar refractivity (Wildman–Crippen MR) is 312 cm³/mol. The number of amides is 4. The molecular weight excluding hydrogens is 1000 g/mol. The van der Waals surface area contributed by atoms with Gasteiger partial charge in [0.25, 0.3) is 23.6 Å². The Morgan fingerprint density at radius 1 is 0.475 bits per heavy atom. The number of ketones is 1. The summed E-state index contributed by atoms with van der Waals surface area (Å²) in [4.78, 5) is 69.9. The fraction of sp³-hybridized carbons (Fsp3) is 0.353. The molecule has 5 aromatic carbocycles. The van der Waals surface area contributed by atoms with Crippen LogP contribution in [0.3, 0.4) is 0 Å². The largest absolute Gasteiger partial charge is 0.506 e. The number of ether oxygens (including phenoxy) is 2. The van der Waals surface area contributed by atoms with E-state index in [-0.39, 0.29) is 35.2 Å². The third-order valence-corrected chi connectivity index (χ3v) is 16.8. The molecule has 410 valence electrons. The molecule has 0 unspecified atom stereocenters. The molecule has 1 N–H and O–H groups in total. The Morgan fingerprint density at radius 2 is 0.912 bits per heavy atom. The molecule has 0 radical (unpaired) electrons. The maximum absolute atomic E-state index is 14.0. The fourth-order valence-corrected chi connectivity index (χ4v) is 12.5. The highest BCUT2D eigenvalue weighted by atomic mass is 16.5. The van der Waals surface area contributed by atoms with Gasteiger partial charge in [-0.25, -0.2) is 0 Å². The smallest absolute Gasteiger partial charge is 0.261 e. The monoisotopic (exact) mass is 1070 g/mol. The van der Waals surface area contributed by atoms with E-state index in [0.29, 0.717) is 82.9 Å². The first-order valence-corrected chi connectivity index (χ1v) is 29.2. The van der Waals surface area contributed by atoms with Crippen molar-refractivity contribution in [1.82, 2.24) is 9.80 Å². The van der Waals surface area contributed by atoms with Crippen molar-refractivity contribution in [3.05, 3.63) is 190 Å². The maximum atomic E-state index is 14.0. The molecule has 11 rings (SSSR count). The second-order valence-electron chi connectivity index (χ2n) is 22.0. The van der Waals surface area contributed by atoms with Crippen molar-refractivity contribution in [2.24, 2.45) is 0 Å². The molecule has 0 spiro atoms. The van der Waals surface area contributed by atoms with Crippen LogP contribution in [-0.4, -0.2) is 93.0 Å². The summed E-state index contributed by atoms with van der Waals surface area (Å²) in [5.41, 5.74) is 8.29. The summed E-state index contributed by atoms with van der Waals surface area (Å²) in [5, 5.41) is 11.6. The molecule has 6 aliphatic rings. The van der Waals surface area contributed by atoms with Crippen molar-refractivity contribution in [2.75, 3.05) is 31.2 Å². The zero-order valence-electron chi connectivity index (χ0n) is 45.7. The Bertz CT molecular complexity index is 3210. The van der Waals surface area contributed by atoms with E-state index in [4.69, 9.17) is 9.47 Å². The van der Waals surface area contributed by atoms with Gasteiger partial charge < -0.3 is 19.5 Å². The zero-order valence-corrected chi connectivity index (χ0v) is 45.7. The summed E-state index contributed by atoms with van der Waals surface area (Å²) in [5.74, 6) is 0.691. The first kappa shape index (κ1) is 53.9. The number of nitrogens with zero attached hydrogens (tertiary/aromatic N) is 4. The van der Waals surface area contributed by atoms with E-state index < -0.39 is 0 Å². The minimum atomic E-state index is -0.198. The van der Waals surface area contributed by atoms with Gasteiger partial charge in [0.1, 0.15) is 17.3 Å². The molecule has 5 aromatic rings. The summed E-state index contributed by atoms with van der Waals surface area (Å²) in [7, 11) is 0. The van der Waals surface area contributed by atoms with Crippen LogP contribution >= 0.6 is 0 Å². The van der Waals surface area contributed by atoms with Crippen LogP contribution in [0.25, 0.3) is 5.57 Å². The zero-order chi connectivity index (χ0) is 55.0. The van der Waals surface area contributed by atoms with Crippen molar-refractivity contribution >= 4 is 57.8 Å². The summed E-state index contributed by atoms with van der Waals surface area (Å²) < 4.78 is 14.7. The lowest BCUT2D eigenvalue weighted by atomic mass is 9.80. The van der Waals surface area contributed by atoms with Crippen LogP contribution < -0.4 is 14.4 Å². The summed E-state index contributed by atoms with van der Waals surface area (Å²) >= 11 is 0. The molecule has 0 aromatic heterocycles. The van der Waals surface area contributed by atoms with Crippen LogP contribution in [0.15, 0.2) is 163 Å². The van der Waals surface area contributed by atoms with Crippen LogP contribution in [0, 0.1) is 0 Å². The number of allylic oxidation sites excluding steroid dienone is 7. The molecule has 0 atom stereocenters. The normalized spacial score (nSPS) is 17.4. The number of aliphatic hydroxyl groups excluding tert-OH is 1. The number of anilines is 2. The lowest BCUT2D eigenvalue weighted by molar-refractivity contribution is -0.488. The van der Waals surface area contributed by atoms with Crippen molar-refractivity contribution in [3.8, 4) is 11.5 Å². The Balaban J connectivity index is 0.683. The van der Waals surface area contributed by atoms with Crippen molar-refractivity contribution in [3.63, 3.8) is 0 Å². The van der Waals surface area contributed by atoms with Crippen molar-refractivity contribution in [2.45, 2.75) is 128 Å². The number of hydrogen-bond acceptors (Lipinski definition) is 9. The van der Waals surface area contributed by atoms with Crippen LogP contribution in [0.5, 0.6) is 11.5 Å². The molecule has 12 nitrogen and oxygen atoms in total. The van der Waals surface area contributed by atoms with Crippen LogP contribution in [0.1, 0.15) is 163 Å². The molecular formula is C68H71N4O8+. The van der Waals surface area contributed by atoms with Gasteiger partial charge in [-0.2, -0.15) is 4.58 Å². The van der Waals surface area contributed by atoms with Gasteiger partial charge in [-0.05, 0) is 147 Å². The third kappa shape index (κ3) is 11.5. The van der Waals surface area contributed by atoms with Crippen molar-refractivity contribution in [1.29, 1.82) is 0 Å². The van der Waals surface area contributed by atoms with E-state index in [1.165, 1.54) is 48.3 Å². The minimum absolute atomic E-state index is 0.0257. The number of hydrogen-bond donors (Lipinski definition) is 1. The van der Waals surface area contributed by atoms with Gasteiger partial charge in [0.2, 0.25) is 17.2 Å². The average Bonchev–Trinajstić information content (AvgIpc) is 3.90. The quantitative estimate of drug-likeness (QED) is 0.0311. The number of carbonyl (C=O) groups excluding carboxylic acids is 5. The van der Waals surface area contributed by atoms with E-state index in [1.807, 2.05) is 48.6 Å². The van der Waals surface area contributed by atoms with Crippen LogP contribution in [0.4, 0.5) is 17.1 Å². The average molecular weight is 1070 g/mol. The summed E-state index contributed by atoms with van der Waals surface area (Å²) in [6.45, 7) is 2.02.